The number of pyridine rings is 3. The van der Waals surface area contributed by atoms with Gasteiger partial charge in [0.25, 0.3) is 0 Å². The van der Waals surface area contributed by atoms with Crippen LogP contribution in [0.25, 0.3) is 32.7 Å². The summed E-state index contributed by atoms with van der Waals surface area (Å²) in [5.41, 5.74) is 8.41. The summed E-state index contributed by atoms with van der Waals surface area (Å²) in [5, 5.41) is 10.7. The monoisotopic (exact) mass is 781 g/mol. The van der Waals surface area contributed by atoms with Crippen molar-refractivity contribution in [3.8, 4) is 0 Å². The number of fused-ring (bicyclic) bond motifs is 3. The Kier molecular flexibility index (Phi) is 13.0. The predicted octanol–water partition coefficient (Wildman–Crippen LogP) is 11.8. The second-order valence-corrected chi connectivity index (χ2v) is 14.9. The molecule has 0 aliphatic heterocycles. The standard InChI is InChI=1S/2C17H19N3.C16H17N3/c1-3-14(2)20(16-8-11-18-12-9-16)19-13-10-15-6-4-5-7-17(15)19;1-3-12-19(16-8-10-18-11-9-16)20-14(2)13-15-6-4-5-7-17(15)20;1-13(2)19(15-7-10-17-11-8-15)18-12-9-14-5-3-4-6-16(14)18/h4-14H,3H2,1-2H3;4-11,13H,3,12H2,1-2H3;3-13H,1-2H3. The van der Waals surface area contributed by atoms with Gasteiger partial charge in [0.1, 0.15) is 0 Å². The average Bonchev–Trinajstić information content (AvgIpc) is 3.99. The lowest BCUT2D eigenvalue weighted by Crippen LogP contribution is -2.36. The minimum absolute atomic E-state index is 0.359. The minimum Gasteiger partial charge on any atom is -0.281 e. The lowest BCUT2D eigenvalue weighted by Gasteiger charge is -2.32. The molecule has 0 radical (unpaired) electrons. The zero-order chi connectivity index (χ0) is 41.1. The number of aromatic nitrogens is 6. The normalized spacial score (nSPS) is 11.5. The molecule has 0 N–H and O–H groups in total. The molecule has 3 aromatic carbocycles. The van der Waals surface area contributed by atoms with Crippen LogP contribution in [0.1, 0.15) is 53.2 Å². The molecule has 0 bridgehead atoms. The van der Waals surface area contributed by atoms with E-state index in [4.69, 9.17) is 0 Å². The van der Waals surface area contributed by atoms with Gasteiger partial charge < -0.3 is 0 Å². The van der Waals surface area contributed by atoms with Gasteiger partial charge in [0.2, 0.25) is 0 Å². The summed E-state index contributed by atoms with van der Waals surface area (Å²) >= 11 is 0. The molecule has 9 rings (SSSR count). The summed E-state index contributed by atoms with van der Waals surface area (Å²) in [6, 6.07) is 45.0. The topological polar surface area (TPSA) is 63.2 Å². The highest BCUT2D eigenvalue weighted by molar-refractivity contribution is 5.83. The molecule has 0 amide bonds. The molecule has 0 fully saturated rings. The molecule has 0 saturated heterocycles. The number of aryl methyl sites for hydroxylation is 1. The third-order valence-electron chi connectivity index (χ3n) is 10.5. The fourth-order valence-corrected chi connectivity index (χ4v) is 7.61. The van der Waals surface area contributed by atoms with Crippen LogP contribution in [0.5, 0.6) is 0 Å². The van der Waals surface area contributed by atoms with E-state index in [-0.39, 0.29) is 0 Å². The Balaban J connectivity index is 0.000000134. The van der Waals surface area contributed by atoms with E-state index in [0.29, 0.717) is 12.1 Å². The maximum atomic E-state index is 4.12. The summed E-state index contributed by atoms with van der Waals surface area (Å²) in [7, 11) is 0. The van der Waals surface area contributed by atoms with E-state index in [0.717, 1.165) is 30.8 Å². The average molecular weight is 782 g/mol. The number of nitrogens with zero attached hydrogens (tertiary/aromatic N) is 9. The first-order chi connectivity index (χ1) is 28.9. The van der Waals surface area contributed by atoms with Gasteiger partial charge in [-0.15, -0.1) is 0 Å². The Bertz CT molecular complexity index is 2650. The number of hydrogen-bond acceptors (Lipinski definition) is 6. The van der Waals surface area contributed by atoms with Crippen LogP contribution in [0.4, 0.5) is 17.1 Å². The molecule has 0 aliphatic rings. The Morgan fingerprint density at radius 3 is 1.44 bits per heavy atom. The molecule has 300 valence electrons. The first kappa shape index (κ1) is 40.3. The first-order valence-corrected chi connectivity index (χ1v) is 20.7. The quantitative estimate of drug-likeness (QED) is 0.130. The van der Waals surface area contributed by atoms with Crippen molar-refractivity contribution in [2.24, 2.45) is 0 Å². The molecule has 59 heavy (non-hydrogen) atoms. The number of hydrogen-bond donors (Lipinski definition) is 0. The predicted molar refractivity (Wildman–Crippen MR) is 247 cm³/mol. The van der Waals surface area contributed by atoms with Crippen molar-refractivity contribution in [1.29, 1.82) is 0 Å². The van der Waals surface area contributed by atoms with Crippen molar-refractivity contribution in [2.45, 2.75) is 66.5 Å². The van der Waals surface area contributed by atoms with Crippen LogP contribution in [-0.4, -0.2) is 47.6 Å². The van der Waals surface area contributed by atoms with Crippen molar-refractivity contribution >= 4 is 49.8 Å². The second-order valence-electron chi connectivity index (χ2n) is 14.9. The summed E-state index contributed by atoms with van der Waals surface area (Å²) in [4.78, 5) is 12.3. The van der Waals surface area contributed by atoms with Crippen molar-refractivity contribution in [3.05, 3.63) is 183 Å². The smallest absolute Gasteiger partial charge is 0.0701 e. The Morgan fingerprint density at radius 1 is 0.508 bits per heavy atom. The zero-order valence-electron chi connectivity index (χ0n) is 35.0. The lowest BCUT2D eigenvalue weighted by atomic mass is 10.2. The maximum Gasteiger partial charge on any atom is 0.0701 e. The molecular formula is C50H55N9. The van der Waals surface area contributed by atoms with E-state index in [1.165, 1.54) is 44.1 Å². The van der Waals surface area contributed by atoms with E-state index in [1.807, 2.05) is 49.3 Å². The Hall–Kier alpha value is -6.87. The van der Waals surface area contributed by atoms with Gasteiger partial charge in [0.15, 0.2) is 0 Å². The van der Waals surface area contributed by atoms with Gasteiger partial charge in [-0.3, -0.25) is 44.0 Å². The largest absolute Gasteiger partial charge is 0.281 e. The molecule has 9 nitrogen and oxygen atoms in total. The van der Waals surface area contributed by atoms with Gasteiger partial charge >= 0.3 is 0 Å². The summed E-state index contributed by atoms with van der Waals surface area (Å²) in [6.45, 7) is 14.2. The Morgan fingerprint density at radius 2 is 0.949 bits per heavy atom. The fourth-order valence-electron chi connectivity index (χ4n) is 7.61. The van der Waals surface area contributed by atoms with Gasteiger partial charge in [-0.1, -0.05) is 68.4 Å². The fraction of sp³-hybridized carbons (Fsp3) is 0.220. The van der Waals surface area contributed by atoms with Gasteiger partial charge in [0.05, 0.1) is 33.6 Å². The van der Waals surface area contributed by atoms with Gasteiger partial charge in [0, 0.05) is 90.1 Å². The van der Waals surface area contributed by atoms with Crippen molar-refractivity contribution in [2.75, 3.05) is 21.6 Å². The lowest BCUT2D eigenvalue weighted by molar-refractivity contribution is 0.569. The second kappa shape index (κ2) is 19.0. The maximum absolute atomic E-state index is 4.12. The molecule has 9 heteroatoms. The van der Waals surface area contributed by atoms with E-state index in [1.54, 1.807) is 0 Å². The number of benzene rings is 3. The van der Waals surface area contributed by atoms with E-state index in [2.05, 4.69) is 213 Å². The molecule has 9 aromatic rings. The highest BCUT2D eigenvalue weighted by Gasteiger charge is 2.18. The van der Waals surface area contributed by atoms with Crippen LogP contribution < -0.4 is 15.0 Å². The molecule has 6 aromatic heterocycles. The summed E-state index contributed by atoms with van der Waals surface area (Å²) < 4.78 is 6.74. The summed E-state index contributed by atoms with van der Waals surface area (Å²) in [6.07, 6.45) is 17.5. The molecular weight excluding hydrogens is 727 g/mol. The van der Waals surface area contributed by atoms with Crippen LogP contribution in [0.3, 0.4) is 0 Å². The SMILES string of the molecule is CC(C)N(c1ccncc1)n1ccc2ccccc21.CCC(C)N(c1ccncc1)n1ccc2ccccc21.CCCN(c1ccncc1)n1c(C)cc2ccccc21. The van der Waals surface area contributed by atoms with Crippen LogP contribution in [-0.2, 0) is 0 Å². The highest BCUT2D eigenvalue weighted by Crippen LogP contribution is 2.27. The minimum atomic E-state index is 0.359. The van der Waals surface area contributed by atoms with E-state index < -0.39 is 0 Å². The Labute approximate surface area is 348 Å². The number of anilines is 3. The van der Waals surface area contributed by atoms with Crippen LogP contribution >= 0.6 is 0 Å². The van der Waals surface area contributed by atoms with Crippen molar-refractivity contribution in [3.63, 3.8) is 0 Å². The van der Waals surface area contributed by atoms with Crippen LogP contribution in [0.15, 0.2) is 177 Å². The molecule has 0 saturated carbocycles. The molecule has 0 aliphatic carbocycles. The van der Waals surface area contributed by atoms with Crippen LogP contribution in [0, 0.1) is 6.92 Å². The molecule has 0 spiro atoms. The highest BCUT2D eigenvalue weighted by atomic mass is 15.6. The molecule has 6 heterocycles. The first-order valence-electron chi connectivity index (χ1n) is 20.7. The van der Waals surface area contributed by atoms with Crippen molar-refractivity contribution < 1.29 is 0 Å². The number of rotatable bonds is 11. The third-order valence-corrected chi connectivity index (χ3v) is 10.5. The van der Waals surface area contributed by atoms with Crippen molar-refractivity contribution in [1.82, 2.24) is 29.0 Å². The molecule has 1 unspecified atom stereocenters. The molecule has 1 atom stereocenters. The van der Waals surface area contributed by atoms with Gasteiger partial charge in [-0.05, 0) is 113 Å². The van der Waals surface area contributed by atoms with Crippen LogP contribution in [0.2, 0.25) is 0 Å². The zero-order valence-corrected chi connectivity index (χ0v) is 35.0. The van der Waals surface area contributed by atoms with E-state index >= 15 is 0 Å². The van der Waals surface area contributed by atoms with Gasteiger partial charge in [-0.2, -0.15) is 0 Å². The van der Waals surface area contributed by atoms with E-state index in [9.17, 15) is 0 Å². The third kappa shape index (κ3) is 9.00. The number of para-hydroxylation sites is 3. The van der Waals surface area contributed by atoms with Gasteiger partial charge in [-0.25, -0.2) is 0 Å². The summed E-state index contributed by atoms with van der Waals surface area (Å²) in [5.74, 6) is 0.